The first-order valence-corrected chi connectivity index (χ1v) is 8.30. The molecule has 0 saturated heterocycles. The second kappa shape index (κ2) is 6.26. The predicted octanol–water partition coefficient (Wildman–Crippen LogP) is 3.45. The number of benzene rings is 2. The summed E-state index contributed by atoms with van der Waals surface area (Å²) < 4.78 is 16.3. The van der Waals surface area contributed by atoms with Gasteiger partial charge in [0.25, 0.3) is 0 Å². The van der Waals surface area contributed by atoms with Gasteiger partial charge in [0.05, 0.1) is 39.1 Å². The molecule has 0 bridgehead atoms. The van der Waals surface area contributed by atoms with Gasteiger partial charge in [-0.05, 0) is 29.3 Å². The van der Waals surface area contributed by atoms with Crippen LogP contribution in [-0.4, -0.2) is 38.6 Å². The highest BCUT2D eigenvalue weighted by molar-refractivity contribution is 6.32. The maximum atomic E-state index is 12.9. The van der Waals surface area contributed by atoms with E-state index in [0.29, 0.717) is 29.4 Å². The lowest BCUT2D eigenvalue weighted by Crippen LogP contribution is -2.17. The Morgan fingerprint density at radius 3 is 2.31 bits per heavy atom. The summed E-state index contributed by atoms with van der Waals surface area (Å²) in [6.07, 6.45) is 3.99. The van der Waals surface area contributed by atoms with Crippen molar-refractivity contribution >= 4 is 23.1 Å². The van der Waals surface area contributed by atoms with Crippen LogP contribution in [0.3, 0.4) is 0 Å². The van der Waals surface area contributed by atoms with Gasteiger partial charge in [0.15, 0.2) is 17.3 Å². The molecule has 0 amide bonds. The highest BCUT2D eigenvalue weighted by Crippen LogP contribution is 2.45. The summed E-state index contributed by atoms with van der Waals surface area (Å²) in [6, 6.07) is 11.7. The molecule has 2 aliphatic rings. The van der Waals surface area contributed by atoms with E-state index >= 15 is 0 Å². The third kappa shape index (κ3) is 2.36. The average Bonchev–Trinajstić information content (AvgIpc) is 3.03. The van der Waals surface area contributed by atoms with Crippen LogP contribution < -0.4 is 14.2 Å². The smallest absolute Gasteiger partial charge is 0.203 e. The van der Waals surface area contributed by atoms with Crippen molar-refractivity contribution in [3.05, 3.63) is 59.3 Å². The number of hydrogen-bond donors (Lipinski definition) is 0. The maximum absolute atomic E-state index is 12.9. The Morgan fingerprint density at radius 1 is 0.962 bits per heavy atom. The van der Waals surface area contributed by atoms with Gasteiger partial charge in [-0.25, -0.2) is 0 Å². The molecule has 26 heavy (non-hydrogen) atoms. The van der Waals surface area contributed by atoms with Crippen molar-refractivity contribution in [2.45, 2.75) is 0 Å². The van der Waals surface area contributed by atoms with E-state index in [1.807, 2.05) is 53.6 Å². The van der Waals surface area contributed by atoms with Gasteiger partial charge in [-0.15, -0.1) is 0 Å². The van der Waals surface area contributed by atoms with Crippen LogP contribution in [0.1, 0.15) is 16.7 Å². The van der Waals surface area contributed by atoms with Crippen LogP contribution in [0.5, 0.6) is 17.2 Å². The molecular formula is C21H19NO4. The minimum absolute atomic E-state index is 0.0654. The van der Waals surface area contributed by atoms with E-state index in [2.05, 4.69) is 0 Å². The second-order valence-electron chi connectivity index (χ2n) is 6.09. The van der Waals surface area contributed by atoms with Crippen LogP contribution in [0.2, 0.25) is 0 Å². The first kappa shape index (κ1) is 16.3. The second-order valence-corrected chi connectivity index (χ2v) is 6.09. The van der Waals surface area contributed by atoms with Gasteiger partial charge in [0, 0.05) is 11.8 Å². The zero-order chi connectivity index (χ0) is 18.3. The number of rotatable bonds is 4. The summed E-state index contributed by atoms with van der Waals surface area (Å²) in [7, 11) is 4.70. The van der Waals surface area contributed by atoms with Crippen LogP contribution >= 0.6 is 0 Å². The molecule has 4 rings (SSSR count). The van der Waals surface area contributed by atoms with Gasteiger partial charge in [-0.2, -0.15) is 0 Å². The molecule has 5 nitrogen and oxygen atoms in total. The van der Waals surface area contributed by atoms with Crippen molar-refractivity contribution in [3.8, 4) is 17.2 Å². The number of hydrogen-bond acceptors (Lipinski definition) is 5. The monoisotopic (exact) mass is 349 g/mol. The van der Waals surface area contributed by atoms with Crippen LogP contribution in [0.4, 0.5) is 0 Å². The van der Waals surface area contributed by atoms with Gasteiger partial charge in [-0.1, -0.05) is 24.3 Å². The topological polar surface area (TPSA) is 48.0 Å². The summed E-state index contributed by atoms with van der Waals surface area (Å²) >= 11 is 0. The van der Waals surface area contributed by atoms with E-state index in [-0.39, 0.29) is 5.78 Å². The van der Waals surface area contributed by atoms with Crippen molar-refractivity contribution in [1.29, 1.82) is 0 Å². The first-order chi connectivity index (χ1) is 12.7. The minimum atomic E-state index is 0.0654. The number of fused-ring (bicyclic) bond motifs is 3. The maximum Gasteiger partial charge on any atom is 0.203 e. The number of ketones is 1. The molecule has 2 heterocycles. The number of ether oxygens (including phenoxy) is 3. The van der Waals surface area contributed by atoms with Crippen LogP contribution in [-0.2, 0) is 4.79 Å². The molecule has 5 heteroatoms. The van der Waals surface area contributed by atoms with Crippen molar-refractivity contribution in [2.75, 3.05) is 27.9 Å². The standard InChI is InChI=1S/C21H19NO4/c1-24-17-10-14(11-18(25-2)21(17)26-3)19-16(23)12-22-9-8-13-6-4-5-7-15(13)20(19)22/h4-11H,12H2,1-3H3. The molecule has 0 fully saturated rings. The van der Waals surface area contributed by atoms with Crippen LogP contribution in [0.15, 0.2) is 42.6 Å². The molecule has 132 valence electrons. The van der Waals surface area contributed by atoms with Gasteiger partial charge >= 0.3 is 0 Å². The number of carbonyl (C=O) groups is 1. The Morgan fingerprint density at radius 2 is 1.65 bits per heavy atom. The molecule has 2 aliphatic heterocycles. The van der Waals surface area contributed by atoms with Gasteiger partial charge in [0.1, 0.15) is 0 Å². The quantitative estimate of drug-likeness (QED) is 0.846. The average molecular weight is 349 g/mol. The van der Waals surface area contributed by atoms with E-state index in [4.69, 9.17) is 14.2 Å². The molecule has 0 N–H and O–H groups in total. The zero-order valence-corrected chi connectivity index (χ0v) is 14.9. The van der Waals surface area contributed by atoms with E-state index in [0.717, 1.165) is 22.4 Å². The van der Waals surface area contributed by atoms with Crippen molar-refractivity contribution in [2.24, 2.45) is 0 Å². The van der Waals surface area contributed by atoms with Crippen molar-refractivity contribution < 1.29 is 19.0 Å². The zero-order valence-electron chi connectivity index (χ0n) is 14.9. The summed E-state index contributed by atoms with van der Waals surface area (Å²) in [5.74, 6) is 1.63. The number of carbonyl (C=O) groups excluding carboxylic acids is 1. The highest BCUT2D eigenvalue weighted by atomic mass is 16.5. The van der Waals surface area contributed by atoms with E-state index < -0.39 is 0 Å². The van der Waals surface area contributed by atoms with Crippen LogP contribution in [0, 0.1) is 0 Å². The molecule has 2 aromatic carbocycles. The molecule has 0 unspecified atom stereocenters. The largest absolute Gasteiger partial charge is 0.493 e. The Kier molecular flexibility index (Phi) is 3.92. The van der Waals surface area contributed by atoms with Crippen LogP contribution in [0.25, 0.3) is 17.3 Å². The fourth-order valence-electron chi connectivity index (χ4n) is 3.56. The number of methoxy groups -OCH3 is 3. The molecular weight excluding hydrogens is 330 g/mol. The van der Waals surface area contributed by atoms with E-state index in [9.17, 15) is 4.79 Å². The normalized spacial score (nSPS) is 15.0. The lowest BCUT2D eigenvalue weighted by Gasteiger charge is -2.23. The van der Waals surface area contributed by atoms with E-state index in [1.165, 1.54) is 0 Å². The Labute approximate surface area is 152 Å². The fourth-order valence-corrected chi connectivity index (χ4v) is 3.56. The molecule has 0 aliphatic carbocycles. The first-order valence-electron chi connectivity index (χ1n) is 8.30. The third-order valence-electron chi connectivity index (χ3n) is 4.72. The molecule has 2 aromatic rings. The Hall–Kier alpha value is -3.21. The molecule has 0 spiro atoms. The Balaban J connectivity index is 1.97. The summed E-state index contributed by atoms with van der Waals surface area (Å²) in [5, 5.41) is 0. The number of Topliss-reactive ketones (excluding diaryl/α,β-unsaturated/α-hetero) is 1. The number of nitrogens with zero attached hydrogens (tertiary/aromatic N) is 1. The SMILES string of the molecule is COc1cc(C2=C3c4ccccc4C=CN3CC2=O)cc(OC)c1OC. The third-order valence-corrected chi connectivity index (χ3v) is 4.72. The summed E-state index contributed by atoms with van der Waals surface area (Å²) in [5.41, 5.74) is 4.48. The fraction of sp³-hybridized carbons (Fsp3) is 0.190. The van der Waals surface area contributed by atoms with Crippen molar-refractivity contribution in [3.63, 3.8) is 0 Å². The van der Waals surface area contributed by atoms with Gasteiger partial charge < -0.3 is 19.1 Å². The van der Waals surface area contributed by atoms with Gasteiger partial charge in [0.2, 0.25) is 5.75 Å². The predicted molar refractivity (Wildman–Crippen MR) is 100 cm³/mol. The van der Waals surface area contributed by atoms with E-state index in [1.54, 1.807) is 21.3 Å². The lowest BCUT2D eigenvalue weighted by molar-refractivity contribution is -0.113. The summed E-state index contributed by atoms with van der Waals surface area (Å²) in [4.78, 5) is 14.8. The summed E-state index contributed by atoms with van der Waals surface area (Å²) in [6.45, 7) is 0.326. The molecule has 0 atom stereocenters. The Bertz CT molecular complexity index is 933. The van der Waals surface area contributed by atoms with Crippen molar-refractivity contribution in [1.82, 2.24) is 4.90 Å². The lowest BCUT2D eigenvalue weighted by atomic mass is 9.94. The molecule has 0 aromatic heterocycles. The highest BCUT2D eigenvalue weighted by Gasteiger charge is 2.34. The molecule has 0 saturated carbocycles. The minimum Gasteiger partial charge on any atom is -0.493 e. The van der Waals surface area contributed by atoms with Gasteiger partial charge in [-0.3, -0.25) is 4.79 Å². The molecule has 0 radical (unpaired) electrons.